The SMILES string of the molecule is CC(C)(C)[S@@+]([O-])NC(c1ccc(Cl)c(Cl)c1)c1cnc(N)s1. The van der Waals surface area contributed by atoms with Crippen molar-refractivity contribution >= 4 is 51.0 Å². The molecule has 3 N–H and O–H groups in total. The zero-order chi connectivity index (χ0) is 16.5. The van der Waals surface area contributed by atoms with Gasteiger partial charge in [0.2, 0.25) is 0 Å². The van der Waals surface area contributed by atoms with Crippen LogP contribution in [0.3, 0.4) is 0 Å². The molecule has 22 heavy (non-hydrogen) atoms. The van der Waals surface area contributed by atoms with Gasteiger partial charge in [-0.1, -0.05) is 29.3 Å². The van der Waals surface area contributed by atoms with E-state index in [2.05, 4.69) is 9.71 Å². The summed E-state index contributed by atoms with van der Waals surface area (Å²) in [5.41, 5.74) is 6.58. The van der Waals surface area contributed by atoms with Crippen LogP contribution in [0.2, 0.25) is 10.0 Å². The number of hydrogen-bond donors (Lipinski definition) is 2. The molecule has 0 saturated carbocycles. The first-order valence-corrected chi connectivity index (χ1v) is 9.25. The lowest BCUT2D eigenvalue weighted by Crippen LogP contribution is -2.41. The highest BCUT2D eigenvalue weighted by molar-refractivity contribution is 7.90. The molecule has 0 fully saturated rings. The largest absolute Gasteiger partial charge is 0.598 e. The van der Waals surface area contributed by atoms with Gasteiger partial charge in [0.25, 0.3) is 0 Å². The first kappa shape index (κ1) is 17.8. The van der Waals surface area contributed by atoms with Gasteiger partial charge in [-0.05, 0) is 38.5 Å². The fourth-order valence-electron chi connectivity index (χ4n) is 1.70. The minimum Gasteiger partial charge on any atom is -0.598 e. The molecule has 0 aliphatic rings. The van der Waals surface area contributed by atoms with Crippen molar-refractivity contribution in [1.82, 2.24) is 9.71 Å². The Hall–Kier alpha value is -0.500. The van der Waals surface area contributed by atoms with E-state index in [-0.39, 0.29) is 6.04 Å². The molecule has 1 unspecified atom stereocenters. The molecular weight excluding hydrogens is 361 g/mol. The molecule has 1 aromatic heterocycles. The Balaban J connectivity index is 2.39. The van der Waals surface area contributed by atoms with Crippen molar-refractivity contribution in [2.75, 3.05) is 5.73 Å². The minimum absolute atomic E-state index is 0.315. The summed E-state index contributed by atoms with van der Waals surface area (Å²) < 4.78 is 15.2. The van der Waals surface area contributed by atoms with Crippen molar-refractivity contribution in [2.45, 2.75) is 31.6 Å². The Morgan fingerprint density at radius 1 is 1.32 bits per heavy atom. The van der Waals surface area contributed by atoms with Gasteiger partial charge in [-0.25, -0.2) is 4.98 Å². The highest BCUT2D eigenvalue weighted by Gasteiger charge is 2.31. The van der Waals surface area contributed by atoms with Gasteiger partial charge in [0.05, 0.1) is 14.9 Å². The summed E-state index contributed by atoms with van der Waals surface area (Å²) in [6.07, 6.45) is 1.68. The van der Waals surface area contributed by atoms with Crippen LogP contribution in [0, 0.1) is 0 Å². The number of nitrogens with zero attached hydrogens (tertiary/aromatic N) is 1. The van der Waals surface area contributed by atoms with E-state index >= 15 is 0 Å². The molecule has 2 atom stereocenters. The number of rotatable bonds is 4. The number of benzene rings is 1. The van der Waals surface area contributed by atoms with Crippen LogP contribution in [-0.2, 0) is 11.4 Å². The van der Waals surface area contributed by atoms with Crippen LogP contribution in [-0.4, -0.2) is 14.3 Å². The van der Waals surface area contributed by atoms with Crippen LogP contribution in [0.5, 0.6) is 0 Å². The molecule has 4 nitrogen and oxygen atoms in total. The van der Waals surface area contributed by atoms with Crippen molar-refractivity contribution in [1.29, 1.82) is 0 Å². The van der Waals surface area contributed by atoms with E-state index in [9.17, 15) is 4.55 Å². The van der Waals surface area contributed by atoms with Crippen LogP contribution in [0.1, 0.15) is 37.3 Å². The first-order valence-electron chi connectivity index (χ1n) is 6.52. The van der Waals surface area contributed by atoms with Gasteiger partial charge in [-0.3, -0.25) is 0 Å². The zero-order valence-corrected chi connectivity index (χ0v) is 15.5. The Kier molecular flexibility index (Phi) is 5.63. The second kappa shape index (κ2) is 6.95. The predicted octanol–water partition coefficient (Wildman–Crippen LogP) is 4.17. The minimum atomic E-state index is -1.26. The van der Waals surface area contributed by atoms with Crippen LogP contribution >= 0.6 is 34.5 Å². The van der Waals surface area contributed by atoms with Crippen molar-refractivity contribution in [3.05, 3.63) is 44.9 Å². The zero-order valence-electron chi connectivity index (χ0n) is 12.4. The number of hydrogen-bond acceptors (Lipinski definition) is 5. The molecule has 2 rings (SSSR count). The van der Waals surface area contributed by atoms with Gasteiger partial charge in [0, 0.05) is 17.6 Å². The highest BCUT2D eigenvalue weighted by Crippen LogP contribution is 2.33. The molecule has 0 spiro atoms. The van der Waals surface area contributed by atoms with E-state index in [1.165, 1.54) is 11.3 Å². The molecule has 1 aromatic carbocycles. The third kappa shape index (κ3) is 4.28. The van der Waals surface area contributed by atoms with Crippen LogP contribution in [0.15, 0.2) is 24.4 Å². The molecular formula is C14H17Cl2N3OS2. The lowest BCUT2D eigenvalue weighted by atomic mass is 10.1. The summed E-state index contributed by atoms with van der Waals surface area (Å²) in [6.45, 7) is 5.72. The van der Waals surface area contributed by atoms with E-state index in [1.54, 1.807) is 18.3 Å². The summed E-state index contributed by atoms with van der Waals surface area (Å²) >= 11 is 12.2. The fraction of sp³-hybridized carbons (Fsp3) is 0.357. The van der Waals surface area contributed by atoms with Crippen molar-refractivity contribution in [2.24, 2.45) is 0 Å². The maximum Gasteiger partial charge on any atom is 0.180 e. The average Bonchev–Trinajstić information content (AvgIpc) is 2.84. The van der Waals surface area contributed by atoms with Crippen LogP contribution in [0.4, 0.5) is 5.13 Å². The molecule has 8 heteroatoms. The van der Waals surface area contributed by atoms with Crippen LogP contribution < -0.4 is 10.5 Å². The summed E-state index contributed by atoms with van der Waals surface area (Å²) in [7, 11) is 0. The number of halogens is 2. The van der Waals surface area contributed by atoms with E-state index < -0.39 is 16.1 Å². The maximum atomic E-state index is 12.5. The van der Waals surface area contributed by atoms with Gasteiger partial charge in [0.15, 0.2) is 5.13 Å². The second-order valence-electron chi connectivity index (χ2n) is 5.71. The number of nitrogens with one attached hydrogen (secondary N) is 1. The second-order valence-corrected chi connectivity index (χ2v) is 9.61. The summed E-state index contributed by atoms with van der Waals surface area (Å²) in [5, 5.41) is 1.39. The summed E-state index contributed by atoms with van der Waals surface area (Å²) in [6, 6.07) is 5.02. The lowest BCUT2D eigenvalue weighted by molar-refractivity contribution is 0.536. The Morgan fingerprint density at radius 3 is 2.50 bits per heavy atom. The maximum absolute atomic E-state index is 12.5. The number of thiazole rings is 1. The smallest absolute Gasteiger partial charge is 0.180 e. The number of aromatic nitrogens is 1. The number of anilines is 1. The van der Waals surface area contributed by atoms with Gasteiger partial charge >= 0.3 is 0 Å². The summed E-state index contributed by atoms with van der Waals surface area (Å²) in [5.74, 6) is 0. The number of nitrogens with two attached hydrogens (primary N) is 1. The lowest BCUT2D eigenvalue weighted by Gasteiger charge is -2.27. The van der Waals surface area contributed by atoms with E-state index in [0.29, 0.717) is 15.2 Å². The predicted molar refractivity (Wildman–Crippen MR) is 95.9 cm³/mol. The van der Waals surface area contributed by atoms with Crippen molar-refractivity contribution in [3.8, 4) is 0 Å². The van der Waals surface area contributed by atoms with Crippen molar-refractivity contribution < 1.29 is 4.55 Å². The first-order chi connectivity index (χ1) is 10.2. The molecule has 0 bridgehead atoms. The summed E-state index contributed by atoms with van der Waals surface area (Å²) in [4.78, 5) is 4.94. The third-order valence-electron chi connectivity index (χ3n) is 2.88. The van der Waals surface area contributed by atoms with E-state index in [0.717, 1.165) is 10.4 Å². The quantitative estimate of drug-likeness (QED) is 0.783. The van der Waals surface area contributed by atoms with Gasteiger partial charge in [-0.15, -0.1) is 16.1 Å². The van der Waals surface area contributed by atoms with E-state index in [4.69, 9.17) is 28.9 Å². The Labute approximate surface area is 147 Å². The molecule has 0 saturated heterocycles. The van der Waals surface area contributed by atoms with Gasteiger partial charge in [0.1, 0.15) is 10.8 Å². The molecule has 2 aromatic rings. The molecule has 0 aliphatic heterocycles. The van der Waals surface area contributed by atoms with E-state index in [1.807, 2.05) is 26.8 Å². The average molecular weight is 378 g/mol. The van der Waals surface area contributed by atoms with Gasteiger partial charge < -0.3 is 10.3 Å². The highest BCUT2D eigenvalue weighted by atomic mass is 35.5. The monoisotopic (exact) mass is 377 g/mol. The normalized spacial score (nSPS) is 14.8. The Bertz CT molecular complexity index is 658. The van der Waals surface area contributed by atoms with Gasteiger partial charge in [-0.2, -0.15) is 0 Å². The third-order valence-corrected chi connectivity index (χ3v) is 6.08. The fourth-order valence-corrected chi connectivity index (χ4v) is 3.68. The number of nitrogen functional groups attached to an aromatic ring is 1. The molecule has 1 heterocycles. The Morgan fingerprint density at radius 2 is 2.00 bits per heavy atom. The molecule has 120 valence electrons. The molecule has 0 radical (unpaired) electrons. The van der Waals surface area contributed by atoms with Crippen LogP contribution in [0.25, 0.3) is 0 Å². The molecule has 0 amide bonds. The molecule has 0 aliphatic carbocycles. The topological polar surface area (TPSA) is 74.0 Å². The van der Waals surface area contributed by atoms with Crippen molar-refractivity contribution in [3.63, 3.8) is 0 Å². The standard InChI is InChI=1S/C14H17Cl2N3OS2/c1-14(2,3)22(20)19-12(11-7-18-13(17)21-11)8-4-5-9(15)10(16)6-8/h4-7,12,19H,1-3H3,(H2,17,18)/t12?,22-/m1/s1.